The standard InChI is InChI=1S/C21H29NO4S/c1-5-6-14-25-19-10-12-20(13-11-19)27(23,24)22-18(4)15-26-21-16(2)8-7-9-17(21)3/h7-13,18,22H,5-6,14-15H2,1-4H3. The summed E-state index contributed by atoms with van der Waals surface area (Å²) in [6, 6.07) is 12.0. The minimum Gasteiger partial charge on any atom is -0.494 e. The highest BCUT2D eigenvalue weighted by atomic mass is 32.2. The quantitative estimate of drug-likeness (QED) is 0.616. The molecule has 148 valence electrons. The van der Waals surface area contributed by atoms with Crippen LogP contribution in [0.3, 0.4) is 0 Å². The normalized spacial score (nSPS) is 12.6. The molecule has 0 aliphatic rings. The Balaban J connectivity index is 1.94. The van der Waals surface area contributed by atoms with E-state index in [9.17, 15) is 8.42 Å². The third-order valence-corrected chi connectivity index (χ3v) is 5.75. The molecular weight excluding hydrogens is 362 g/mol. The van der Waals surface area contributed by atoms with Gasteiger partial charge in [-0.2, -0.15) is 0 Å². The van der Waals surface area contributed by atoms with E-state index in [0.717, 1.165) is 29.7 Å². The molecule has 1 N–H and O–H groups in total. The topological polar surface area (TPSA) is 64.6 Å². The van der Waals surface area contributed by atoms with Crippen LogP contribution in [0.4, 0.5) is 0 Å². The highest BCUT2D eigenvalue weighted by molar-refractivity contribution is 7.89. The van der Waals surface area contributed by atoms with Gasteiger partial charge in [0.05, 0.1) is 17.5 Å². The molecule has 0 saturated carbocycles. The van der Waals surface area contributed by atoms with Crippen molar-refractivity contribution in [3.8, 4) is 11.5 Å². The van der Waals surface area contributed by atoms with E-state index in [0.29, 0.717) is 12.4 Å². The van der Waals surface area contributed by atoms with E-state index in [4.69, 9.17) is 9.47 Å². The fourth-order valence-corrected chi connectivity index (χ4v) is 3.88. The predicted octanol–water partition coefficient (Wildman–Crippen LogP) is 4.23. The number of rotatable bonds is 10. The molecule has 5 nitrogen and oxygen atoms in total. The SMILES string of the molecule is CCCCOc1ccc(S(=O)(=O)NC(C)COc2c(C)cccc2C)cc1. The van der Waals surface area contributed by atoms with Crippen molar-refractivity contribution in [1.29, 1.82) is 0 Å². The van der Waals surface area contributed by atoms with Crippen molar-refractivity contribution < 1.29 is 17.9 Å². The molecule has 2 aromatic carbocycles. The third kappa shape index (κ3) is 6.26. The second-order valence-electron chi connectivity index (χ2n) is 6.73. The number of unbranched alkanes of at least 4 members (excludes halogenated alkanes) is 1. The average Bonchev–Trinajstić information content (AvgIpc) is 2.61. The molecule has 0 heterocycles. The highest BCUT2D eigenvalue weighted by Gasteiger charge is 2.18. The van der Waals surface area contributed by atoms with Crippen molar-refractivity contribution >= 4 is 10.0 Å². The molecule has 6 heteroatoms. The number of sulfonamides is 1. The van der Waals surface area contributed by atoms with E-state index in [1.165, 1.54) is 0 Å². The second-order valence-corrected chi connectivity index (χ2v) is 8.44. The van der Waals surface area contributed by atoms with Gasteiger partial charge in [0.25, 0.3) is 0 Å². The molecule has 0 saturated heterocycles. The van der Waals surface area contributed by atoms with E-state index in [1.807, 2.05) is 32.0 Å². The molecule has 0 aromatic heterocycles. The van der Waals surface area contributed by atoms with Crippen LogP contribution in [0, 0.1) is 13.8 Å². The van der Waals surface area contributed by atoms with E-state index >= 15 is 0 Å². The Morgan fingerprint density at radius 3 is 2.22 bits per heavy atom. The lowest BCUT2D eigenvalue weighted by Crippen LogP contribution is -2.36. The Kier molecular flexibility index (Phi) is 7.68. The molecule has 1 atom stereocenters. The monoisotopic (exact) mass is 391 g/mol. The maximum Gasteiger partial charge on any atom is 0.240 e. The lowest BCUT2D eigenvalue weighted by Gasteiger charge is -2.17. The summed E-state index contributed by atoms with van der Waals surface area (Å²) in [5.41, 5.74) is 2.06. The van der Waals surface area contributed by atoms with Gasteiger partial charge in [-0.1, -0.05) is 31.5 Å². The zero-order valence-corrected chi connectivity index (χ0v) is 17.3. The fraction of sp³-hybridized carbons (Fsp3) is 0.429. The van der Waals surface area contributed by atoms with Gasteiger partial charge in [0, 0.05) is 0 Å². The van der Waals surface area contributed by atoms with Gasteiger partial charge < -0.3 is 9.47 Å². The van der Waals surface area contributed by atoms with Crippen LogP contribution in [0.5, 0.6) is 11.5 Å². The first-order valence-corrected chi connectivity index (χ1v) is 10.8. The minimum absolute atomic E-state index is 0.212. The number of hydrogen-bond donors (Lipinski definition) is 1. The Labute approximate surface area is 162 Å². The Morgan fingerprint density at radius 1 is 1.00 bits per heavy atom. The van der Waals surface area contributed by atoms with Crippen molar-refractivity contribution in [1.82, 2.24) is 4.72 Å². The Hall–Kier alpha value is -2.05. The first-order chi connectivity index (χ1) is 12.8. The van der Waals surface area contributed by atoms with Crippen LogP contribution in [0.25, 0.3) is 0 Å². The molecule has 2 rings (SSSR count). The summed E-state index contributed by atoms with van der Waals surface area (Å²) in [7, 11) is -3.61. The van der Waals surface area contributed by atoms with Gasteiger partial charge in [-0.15, -0.1) is 0 Å². The van der Waals surface area contributed by atoms with E-state index in [-0.39, 0.29) is 17.5 Å². The van der Waals surface area contributed by atoms with Crippen LogP contribution in [-0.2, 0) is 10.0 Å². The lowest BCUT2D eigenvalue weighted by molar-refractivity contribution is 0.284. The number of ether oxygens (including phenoxy) is 2. The number of hydrogen-bond acceptors (Lipinski definition) is 4. The smallest absolute Gasteiger partial charge is 0.240 e. The van der Waals surface area contributed by atoms with Gasteiger partial charge in [-0.05, 0) is 62.6 Å². The fourth-order valence-electron chi connectivity index (χ4n) is 2.65. The molecule has 0 radical (unpaired) electrons. The first kappa shape index (κ1) is 21.3. The van der Waals surface area contributed by atoms with E-state index in [2.05, 4.69) is 11.6 Å². The number of aryl methyl sites for hydroxylation is 2. The zero-order valence-electron chi connectivity index (χ0n) is 16.5. The number of benzene rings is 2. The Morgan fingerprint density at radius 2 is 1.63 bits per heavy atom. The van der Waals surface area contributed by atoms with Crippen molar-refractivity contribution in [2.24, 2.45) is 0 Å². The first-order valence-electron chi connectivity index (χ1n) is 9.27. The van der Waals surface area contributed by atoms with Crippen LogP contribution >= 0.6 is 0 Å². The number of para-hydroxylation sites is 1. The summed E-state index contributed by atoms with van der Waals surface area (Å²) in [6.07, 6.45) is 2.03. The molecule has 27 heavy (non-hydrogen) atoms. The second kappa shape index (κ2) is 9.76. The molecule has 0 amide bonds. The maximum atomic E-state index is 12.6. The van der Waals surface area contributed by atoms with Gasteiger partial charge in [0.2, 0.25) is 10.0 Å². The highest BCUT2D eigenvalue weighted by Crippen LogP contribution is 2.22. The molecule has 1 unspecified atom stereocenters. The minimum atomic E-state index is -3.61. The molecule has 0 aliphatic heterocycles. The molecular formula is C21H29NO4S. The van der Waals surface area contributed by atoms with E-state index in [1.54, 1.807) is 31.2 Å². The average molecular weight is 392 g/mol. The van der Waals surface area contributed by atoms with Crippen molar-refractivity contribution in [3.63, 3.8) is 0 Å². The summed E-state index contributed by atoms with van der Waals surface area (Å²) in [5, 5.41) is 0. The van der Waals surface area contributed by atoms with Gasteiger partial charge in [0.1, 0.15) is 18.1 Å². The largest absolute Gasteiger partial charge is 0.494 e. The van der Waals surface area contributed by atoms with Crippen molar-refractivity contribution in [3.05, 3.63) is 53.6 Å². The molecule has 2 aromatic rings. The van der Waals surface area contributed by atoms with E-state index < -0.39 is 10.0 Å². The van der Waals surface area contributed by atoms with Gasteiger partial charge in [0.15, 0.2) is 0 Å². The van der Waals surface area contributed by atoms with Crippen LogP contribution in [0.15, 0.2) is 47.4 Å². The zero-order chi connectivity index (χ0) is 19.9. The van der Waals surface area contributed by atoms with Crippen LogP contribution in [0.2, 0.25) is 0 Å². The predicted molar refractivity (Wildman–Crippen MR) is 108 cm³/mol. The summed E-state index contributed by atoms with van der Waals surface area (Å²) in [5.74, 6) is 1.48. The van der Waals surface area contributed by atoms with Gasteiger partial charge >= 0.3 is 0 Å². The lowest BCUT2D eigenvalue weighted by atomic mass is 10.1. The van der Waals surface area contributed by atoms with Crippen LogP contribution in [-0.4, -0.2) is 27.7 Å². The summed E-state index contributed by atoms with van der Waals surface area (Å²) in [6.45, 7) is 8.71. The van der Waals surface area contributed by atoms with Crippen molar-refractivity contribution in [2.75, 3.05) is 13.2 Å². The van der Waals surface area contributed by atoms with Gasteiger partial charge in [-0.3, -0.25) is 0 Å². The van der Waals surface area contributed by atoms with Gasteiger partial charge in [-0.25, -0.2) is 13.1 Å². The molecule has 0 bridgehead atoms. The third-order valence-electron chi connectivity index (χ3n) is 4.14. The Bertz CT molecular complexity index is 812. The molecule has 0 spiro atoms. The summed E-state index contributed by atoms with van der Waals surface area (Å²) >= 11 is 0. The molecule has 0 aliphatic carbocycles. The maximum absolute atomic E-state index is 12.6. The van der Waals surface area contributed by atoms with Crippen molar-refractivity contribution in [2.45, 2.75) is 51.5 Å². The summed E-state index contributed by atoms with van der Waals surface area (Å²) < 4.78 is 39.2. The summed E-state index contributed by atoms with van der Waals surface area (Å²) in [4.78, 5) is 0.212. The molecule has 0 fully saturated rings. The van der Waals surface area contributed by atoms with Crippen LogP contribution in [0.1, 0.15) is 37.8 Å². The van der Waals surface area contributed by atoms with Crippen LogP contribution < -0.4 is 14.2 Å². The number of nitrogens with one attached hydrogen (secondary N) is 1.